The van der Waals surface area contributed by atoms with Crippen LogP contribution in [0.2, 0.25) is 0 Å². The van der Waals surface area contributed by atoms with Gasteiger partial charge < -0.3 is 10.5 Å². The van der Waals surface area contributed by atoms with Crippen molar-refractivity contribution in [2.24, 2.45) is 5.73 Å². The van der Waals surface area contributed by atoms with Crippen LogP contribution in [0, 0.1) is 6.92 Å². The number of rotatable bonds is 6. The van der Waals surface area contributed by atoms with Crippen molar-refractivity contribution in [3.63, 3.8) is 0 Å². The Morgan fingerprint density at radius 3 is 2.93 bits per heavy atom. The van der Waals surface area contributed by atoms with Crippen molar-refractivity contribution in [2.45, 2.75) is 32.7 Å². The van der Waals surface area contributed by atoms with Crippen molar-refractivity contribution in [1.29, 1.82) is 0 Å². The first kappa shape index (κ1) is 11.7. The number of nitrogens with two attached hydrogens (primary N) is 1. The summed E-state index contributed by atoms with van der Waals surface area (Å²) >= 11 is 1.77. The zero-order valence-electron chi connectivity index (χ0n) is 8.95. The Labute approximate surface area is 90.1 Å². The molecule has 0 saturated carbocycles. The summed E-state index contributed by atoms with van der Waals surface area (Å²) in [5.74, 6) is 0. The van der Waals surface area contributed by atoms with Gasteiger partial charge in [0.15, 0.2) is 0 Å². The summed E-state index contributed by atoms with van der Waals surface area (Å²) in [6, 6.07) is 2.31. The minimum absolute atomic E-state index is 0.182. The molecule has 2 N–H and O–H groups in total. The Morgan fingerprint density at radius 2 is 2.36 bits per heavy atom. The lowest BCUT2D eigenvalue weighted by atomic mass is 10.0. The third kappa shape index (κ3) is 3.40. The Hall–Kier alpha value is -0.380. The van der Waals surface area contributed by atoms with E-state index < -0.39 is 0 Å². The molecule has 3 heteroatoms. The van der Waals surface area contributed by atoms with Crippen LogP contribution in [-0.4, -0.2) is 13.2 Å². The van der Waals surface area contributed by atoms with Gasteiger partial charge in [0.1, 0.15) is 0 Å². The van der Waals surface area contributed by atoms with E-state index in [0.717, 1.165) is 26.1 Å². The number of ether oxygens (including phenoxy) is 1. The van der Waals surface area contributed by atoms with Crippen molar-refractivity contribution < 1.29 is 4.74 Å². The largest absolute Gasteiger partial charge is 0.382 e. The van der Waals surface area contributed by atoms with E-state index in [2.05, 4.69) is 18.4 Å². The summed E-state index contributed by atoms with van der Waals surface area (Å²) in [4.78, 5) is 1.34. The number of aryl methyl sites for hydroxylation is 1. The lowest BCUT2D eigenvalue weighted by molar-refractivity contribution is 0.142. The predicted molar refractivity (Wildman–Crippen MR) is 61.7 cm³/mol. The molecule has 0 amide bonds. The van der Waals surface area contributed by atoms with Crippen molar-refractivity contribution in [1.82, 2.24) is 0 Å². The smallest absolute Gasteiger partial charge is 0.0466 e. The van der Waals surface area contributed by atoms with Crippen LogP contribution in [0.4, 0.5) is 0 Å². The number of thiophene rings is 1. The molecule has 1 heterocycles. The minimum atomic E-state index is 0.182. The molecule has 14 heavy (non-hydrogen) atoms. The van der Waals surface area contributed by atoms with Gasteiger partial charge in [-0.1, -0.05) is 0 Å². The van der Waals surface area contributed by atoms with E-state index in [1.807, 2.05) is 6.92 Å². The first-order valence-electron chi connectivity index (χ1n) is 5.13. The second kappa shape index (κ2) is 6.17. The fraction of sp³-hybridized carbons (Fsp3) is 0.636. The van der Waals surface area contributed by atoms with Gasteiger partial charge in [-0.3, -0.25) is 0 Å². The molecule has 2 nitrogen and oxygen atoms in total. The van der Waals surface area contributed by atoms with Crippen LogP contribution >= 0.6 is 11.3 Å². The molecule has 0 fully saturated rings. The van der Waals surface area contributed by atoms with Gasteiger partial charge >= 0.3 is 0 Å². The van der Waals surface area contributed by atoms with Crippen LogP contribution < -0.4 is 5.73 Å². The Kier molecular flexibility index (Phi) is 5.15. The Morgan fingerprint density at radius 1 is 1.57 bits per heavy atom. The lowest BCUT2D eigenvalue weighted by Gasteiger charge is -2.11. The quantitative estimate of drug-likeness (QED) is 0.737. The van der Waals surface area contributed by atoms with E-state index in [4.69, 9.17) is 10.5 Å². The second-order valence-corrected chi connectivity index (χ2v) is 4.50. The van der Waals surface area contributed by atoms with Gasteiger partial charge in [-0.2, -0.15) is 0 Å². The van der Waals surface area contributed by atoms with Crippen molar-refractivity contribution in [3.05, 3.63) is 21.9 Å². The predicted octanol–water partition coefficient (Wildman–Crippen LogP) is 2.87. The zero-order valence-corrected chi connectivity index (χ0v) is 9.77. The van der Waals surface area contributed by atoms with Crippen LogP contribution in [0.5, 0.6) is 0 Å². The topological polar surface area (TPSA) is 35.2 Å². The van der Waals surface area contributed by atoms with E-state index in [9.17, 15) is 0 Å². The van der Waals surface area contributed by atoms with Crippen LogP contribution in [0.25, 0.3) is 0 Å². The first-order valence-corrected chi connectivity index (χ1v) is 6.01. The molecule has 80 valence electrons. The molecule has 1 aromatic heterocycles. The Bertz CT molecular complexity index is 260. The van der Waals surface area contributed by atoms with Gasteiger partial charge in [-0.25, -0.2) is 0 Å². The molecular formula is C11H19NOS. The van der Waals surface area contributed by atoms with Crippen molar-refractivity contribution >= 4 is 11.3 Å². The SMILES string of the molecule is CCOCCCC(N)c1ccsc1C. The summed E-state index contributed by atoms with van der Waals surface area (Å²) < 4.78 is 5.28. The summed E-state index contributed by atoms with van der Waals surface area (Å²) in [5, 5.41) is 2.10. The highest BCUT2D eigenvalue weighted by atomic mass is 32.1. The molecular weight excluding hydrogens is 194 g/mol. The van der Waals surface area contributed by atoms with Gasteiger partial charge in [0.05, 0.1) is 0 Å². The molecule has 0 aliphatic rings. The molecule has 1 rings (SSSR count). The van der Waals surface area contributed by atoms with E-state index in [-0.39, 0.29) is 6.04 Å². The van der Waals surface area contributed by atoms with Gasteiger partial charge in [-0.15, -0.1) is 11.3 Å². The van der Waals surface area contributed by atoms with Crippen molar-refractivity contribution in [2.75, 3.05) is 13.2 Å². The van der Waals surface area contributed by atoms with E-state index in [1.165, 1.54) is 10.4 Å². The molecule has 0 aromatic carbocycles. The molecule has 0 aliphatic carbocycles. The molecule has 0 aliphatic heterocycles. The van der Waals surface area contributed by atoms with Gasteiger partial charge in [0.2, 0.25) is 0 Å². The second-order valence-electron chi connectivity index (χ2n) is 3.38. The molecule has 1 unspecified atom stereocenters. The fourth-order valence-corrected chi connectivity index (χ4v) is 2.26. The molecule has 1 atom stereocenters. The van der Waals surface area contributed by atoms with Crippen LogP contribution in [0.3, 0.4) is 0 Å². The monoisotopic (exact) mass is 213 g/mol. The molecule has 1 aromatic rings. The third-order valence-corrected chi connectivity index (χ3v) is 3.17. The first-order chi connectivity index (χ1) is 6.75. The van der Waals surface area contributed by atoms with E-state index in [0.29, 0.717) is 0 Å². The summed E-state index contributed by atoms with van der Waals surface area (Å²) in [5.41, 5.74) is 7.37. The summed E-state index contributed by atoms with van der Waals surface area (Å²) in [7, 11) is 0. The maximum absolute atomic E-state index is 6.07. The molecule has 0 bridgehead atoms. The highest BCUT2D eigenvalue weighted by Gasteiger charge is 2.08. The average molecular weight is 213 g/mol. The highest BCUT2D eigenvalue weighted by Crippen LogP contribution is 2.23. The van der Waals surface area contributed by atoms with Crippen LogP contribution in [0.1, 0.15) is 36.2 Å². The molecule has 0 spiro atoms. The van der Waals surface area contributed by atoms with Crippen LogP contribution in [0.15, 0.2) is 11.4 Å². The fourth-order valence-electron chi connectivity index (χ4n) is 1.48. The normalized spacial score (nSPS) is 13.1. The van der Waals surface area contributed by atoms with Crippen LogP contribution in [-0.2, 0) is 4.74 Å². The molecule has 0 radical (unpaired) electrons. The van der Waals surface area contributed by atoms with E-state index >= 15 is 0 Å². The molecule has 0 saturated heterocycles. The third-order valence-electron chi connectivity index (χ3n) is 2.31. The average Bonchev–Trinajstić information content (AvgIpc) is 2.59. The number of hydrogen-bond donors (Lipinski definition) is 1. The Balaban J connectivity index is 2.28. The highest BCUT2D eigenvalue weighted by molar-refractivity contribution is 7.10. The zero-order chi connectivity index (χ0) is 10.4. The maximum atomic E-state index is 6.07. The van der Waals surface area contributed by atoms with Crippen molar-refractivity contribution in [3.8, 4) is 0 Å². The minimum Gasteiger partial charge on any atom is -0.382 e. The maximum Gasteiger partial charge on any atom is 0.0466 e. The lowest BCUT2D eigenvalue weighted by Crippen LogP contribution is -2.11. The summed E-state index contributed by atoms with van der Waals surface area (Å²) in [6.45, 7) is 5.77. The van der Waals surface area contributed by atoms with E-state index in [1.54, 1.807) is 11.3 Å². The standard InChI is InChI=1S/C11H19NOS/c1-3-13-7-4-5-11(12)10-6-8-14-9(10)2/h6,8,11H,3-5,7,12H2,1-2H3. The van der Waals surface area contributed by atoms with Gasteiger partial charge in [0, 0.05) is 24.1 Å². The van der Waals surface area contributed by atoms with Gasteiger partial charge in [-0.05, 0) is 43.7 Å². The number of hydrogen-bond acceptors (Lipinski definition) is 3. The van der Waals surface area contributed by atoms with Gasteiger partial charge in [0.25, 0.3) is 0 Å². The summed E-state index contributed by atoms with van der Waals surface area (Å²) in [6.07, 6.45) is 2.06.